The molecule has 0 saturated carbocycles. The minimum absolute atomic E-state index is 0.124. The van der Waals surface area contributed by atoms with Crippen molar-refractivity contribution in [3.8, 4) is 0 Å². The molecule has 104 valence electrons. The molecule has 0 atom stereocenters. The average molecular weight is 272 g/mol. The van der Waals surface area contributed by atoms with Crippen LogP contribution in [0.3, 0.4) is 0 Å². The predicted octanol–water partition coefficient (Wildman–Crippen LogP) is 3.29. The number of anilines is 2. The molecule has 0 fully saturated rings. The first-order valence-electron chi connectivity index (χ1n) is 6.45. The Hall–Kier alpha value is -2.36. The number of nitrogens with one attached hydrogen (secondary N) is 1. The van der Waals surface area contributed by atoms with E-state index in [1.807, 2.05) is 31.2 Å². The number of nitrogen functional groups attached to an aromatic ring is 1. The molecule has 0 aliphatic carbocycles. The SMILES string of the molecule is Cc1cccc(CCC(=O)Nc2cc(N)ccc2F)c1. The van der Waals surface area contributed by atoms with Gasteiger partial charge in [-0.3, -0.25) is 4.79 Å². The van der Waals surface area contributed by atoms with Gasteiger partial charge in [0.2, 0.25) is 5.91 Å². The highest BCUT2D eigenvalue weighted by Gasteiger charge is 2.07. The van der Waals surface area contributed by atoms with E-state index in [4.69, 9.17) is 5.73 Å². The van der Waals surface area contributed by atoms with E-state index in [-0.39, 0.29) is 11.6 Å². The number of nitrogens with two attached hydrogens (primary N) is 1. The minimum atomic E-state index is -0.483. The second-order valence-corrected chi connectivity index (χ2v) is 4.78. The Balaban J connectivity index is 1.94. The van der Waals surface area contributed by atoms with Gasteiger partial charge in [0.15, 0.2) is 0 Å². The van der Waals surface area contributed by atoms with Crippen LogP contribution in [0.1, 0.15) is 17.5 Å². The number of carbonyl (C=O) groups is 1. The fourth-order valence-electron chi connectivity index (χ4n) is 1.98. The van der Waals surface area contributed by atoms with Crippen molar-refractivity contribution in [2.75, 3.05) is 11.1 Å². The lowest BCUT2D eigenvalue weighted by Crippen LogP contribution is -2.13. The van der Waals surface area contributed by atoms with Gasteiger partial charge in [-0.25, -0.2) is 4.39 Å². The Bertz CT molecular complexity index is 626. The molecule has 0 aromatic heterocycles. The Labute approximate surface area is 117 Å². The van der Waals surface area contributed by atoms with Crippen LogP contribution in [0, 0.1) is 12.7 Å². The normalized spacial score (nSPS) is 10.3. The van der Waals surface area contributed by atoms with E-state index >= 15 is 0 Å². The third kappa shape index (κ3) is 3.82. The lowest BCUT2D eigenvalue weighted by Gasteiger charge is -2.07. The molecule has 0 aliphatic rings. The van der Waals surface area contributed by atoms with Crippen LogP contribution in [0.4, 0.5) is 15.8 Å². The topological polar surface area (TPSA) is 55.1 Å². The number of halogens is 1. The monoisotopic (exact) mass is 272 g/mol. The Morgan fingerprint density at radius 2 is 2.05 bits per heavy atom. The molecule has 4 heteroatoms. The predicted molar refractivity (Wildman–Crippen MR) is 78.9 cm³/mol. The molecule has 3 nitrogen and oxygen atoms in total. The molecule has 1 amide bonds. The summed E-state index contributed by atoms with van der Waals surface area (Å²) in [4.78, 5) is 11.8. The second kappa shape index (κ2) is 6.19. The first-order chi connectivity index (χ1) is 9.54. The lowest BCUT2D eigenvalue weighted by molar-refractivity contribution is -0.116. The van der Waals surface area contributed by atoms with Crippen molar-refractivity contribution in [1.82, 2.24) is 0 Å². The van der Waals surface area contributed by atoms with Crippen molar-refractivity contribution in [2.24, 2.45) is 0 Å². The van der Waals surface area contributed by atoms with E-state index in [0.29, 0.717) is 18.5 Å². The highest BCUT2D eigenvalue weighted by molar-refractivity contribution is 5.91. The third-order valence-corrected chi connectivity index (χ3v) is 2.99. The number of aryl methyl sites for hydroxylation is 2. The molecule has 0 unspecified atom stereocenters. The van der Waals surface area contributed by atoms with Crippen LogP contribution in [-0.2, 0) is 11.2 Å². The quantitative estimate of drug-likeness (QED) is 0.839. The first kappa shape index (κ1) is 14.1. The van der Waals surface area contributed by atoms with E-state index in [0.717, 1.165) is 11.1 Å². The standard InChI is InChI=1S/C16H17FN2O/c1-11-3-2-4-12(9-11)5-8-16(20)19-15-10-13(18)6-7-14(15)17/h2-4,6-7,9-10H,5,8,18H2,1H3,(H,19,20). The summed E-state index contributed by atoms with van der Waals surface area (Å²) in [6, 6.07) is 12.1. The van der Waals surface area contributed by atoms with Gasteiger partial charge in [-0.2, -0.15) is 0 Å². The third-order valence-electron chi connectivity index (χ3n) is 2.99. The highest BCUT2D eigenvalue weighted by Crippen LogP contribution is 2.18. The lowest BCUT2D eigenvalue weighted by atomic mass is 10.1. The highest BCUT2D eigenvalue weighted by atomic mass is 19.1. The second-order valence-electron chi connectivity index (χ2n) is 4.78. The van der Waals surface area contributed by atoms with Gasteiger partial charge in [-0.05, 0) is 37.1 Å². The van der Waals surface area contributed by atoms with Gasteiger partial charge in [0, 0.05) is 12.1 Å². The number of hydrogen-bond acceptors (Lipinski definition) is 2. The number of rotatable bonds is 4. The van der Waals surface area contributed by atoms with Gasteiger partial charge < -0.3 is 11.1 Å². The number of hydrogen-bond donors (Lipinski definition) is 2. The molecule has 0 spiro atoms. The maximum absolute atomic E-state index is 13.5. The molecule has 20 heavy (non-hydrogen) atoms. The van der Waals surface area contributed by atoms with Gasteiger partial charge >= 0.3 is 0 Å². The molecule has 2 aromatic carbocycles. The number of benzene rings is 2. The summed E-state index contributed by atoms with van der Waals surface area (Å²) < 4.78 is 13.5. The first-order valence-corrected chi connectivity index (χ1v) is 6.45. The molecule has 3 N–H and O–H groups in total. The molecule has 0 aliphatic heterocycles. The van der Waals surface area contributed by atoms with Crippen molar-refractivity contribution in [2.45, 2.75) is 19.8 Å². The Kier molecular flexibility index (Phi) is 4.35. The summed E-state index contributed by atoms with van der Waals surface area (Å²) >= 11 is 0. The summed E-state index contributed by atoms with van der Waals surface area (Å²) in [5, 5.41) is 2.54. The Morgan fingerprint density at radius 3 is 2.80 bits per heavy atom. The van der Waals surface area contributed by atoms with Crippen LogP contribution in [-0.4, -0.2) is 5.91 Å². The number of carbonyl (C=O) groups excluding carboxylic acids is 1. The molecular weight excluding hydrogens is 255 g/mol. The van der Waals surface area contributed by atoms with Crippen LogP contribution < -0.4 is 11.1 Å². The molecule has 0 radical (unpaired) electrons. The average Bonchev–Trinajstić information content (AvgIpc) is 2.41. The fourth-order valence-corrected chi connectivity index (χ4v) is 1.98. The summed E-state index contributed by atoms with van der Waals surface area (Å²) in [5.74, 6) is -0.709. The molecule has 0 bridgehead atoms. The van der Waals surface area contributed by atoms with E-state index < -0.39 is 5.82 Å². The van der Waals surface area contributed by atoms with Gasteiger partial charge in [0.25, 0.3) is 0 Å². The van der Waals surface area contributed by atoms with Crippen LogP contribution in [0.25, 0.3) is 0 Å². The van der Waals surface area contributed by atoms with Crippen molar-refractivity contribution in [1.29, 1.82) is 0 Å². The van der Waals surface area contributed by atoms with Crippen molar-refractivity contribution < 1.29 is 9.18 Å². The minimum Gasteiger partial charge on any atom is -0.399 e. The Morgan fingerprint density at radius 1 is 1.25 bits per heavy atom. The molecular formula is C16H17FN2O. The molecule has 2 rings (SSSR count). The van der Waals surface area contributed by atoms with E-state index in [9.17, 15) is 9.18 Å². The summed E-state index contributed by atoms with van der Waals surface area (Å²) in [7, 11) is 0. The molecule has 0 saturated heterocycles. The maximum Gasteiger partial charge on any atom is 0.224 e. The van der Waals surface area contributed by atoms with Crippen molar-refractivity contribution in [3.63, 3.8) is 0 Å². The summed E-state index contributed by atoms with van der Waals surface area (Å²) in [6.45, 7) is 2.01. The maximum atomic E-state index is 13.5. The largest absolute Gasteiger partial charge is 0.399 e. The van der Waals surface area contributed by atoms with Gasteiger partial charge in [-0.15, -0.1) is 0 Å². The number of amides is 1. The van der Waals surface area contributed by atoms with Crippen LogP contribution in [0.5, 0.6) is 0 Å². The van der Waals surface area contributed by atoms with Gasteiger partial charge in [0.1, 0.15) is 5.82 Å². The van der Waals surface area contributed by atoms with E-state index in [2.05, 4.69) is 5.32 Å². The fraction of sp³-hybridized carbons (Fsp3) is 0.188. The molecule has 0 heterocycles. The van der Waals surface area contributed by atoms with Crippen molar-refractivity contribution in [3.05, 3.63) is 59.4 Å². The van der Waals surface area contributed by atoms with E-state index in [1.165, 1.54) is 18.2 Å². The van der Waals surface area contributed by atoms with Crippen LogP contribution in [0.2, 0.25) is 0 Å². The summed E-state index contributed by atoms with van der Waals surface area (Å²) in [6.07, 6.45) is 0.926. The van der Waals surface area contributed by atoms with E-state index in [1.54, 1.807) is 0 Å². The zero-order valence-corrected chi connectivity index (χ0v) is 11.3. The summed E-state index contributed by atoms with van der Waals surface area (Å²) in [5.41, 5.74) is 8.36. The zero-order valence-electron chi connectivity index (χ0n) is 11.3. The van der Waals surface area contributed by atoms with Crippen molar-refractivity contribution >= 4 is 17.3 Å². The molecule has 2 aromatic rings. The van der Waals surface area contributed by atoms with Crippen LogP contribution in [0.15, 0.2) is 42.5 Å². The van der Waals surface area contributed by atoms with Crippen LogP contribution >= 0.6 is 0 Å². The van der Waals surface area contributed by atoms with Gasteiger partial charge in [-0.1, -0.05) is 29.8 Å². The smallest absolute Gasteiger partial charge is 0.224 e. The zero-order chi connectivity index (χ0) is 14.5. The van der Waals surface area contributed by atoms with Gasteiger partial charge in [0.05, 0.1) is 5.69 Å².